The molecule has 3 aromatic heterocycles. The summed E-state index contributed by atoms with van der Waals surface area (Å²) >= 11 is 0. The van der Waals surface area contributed by atoms with Gasteiger partial charge in [0.1, 0.15) is 6.33 Å². The lowest BCUT2D eigenvalue weighted by atomic mass is 10.0. The summed E-state index contributed by atoms with van der Waals surface area (Å²) in [6.07, 6.45) is 6.00. The third kappa shape index (κ3) is 2.72. The highest BCUT2D eigenvalue weighted by Crippen LogP contribution is 2.43. The van der Waals surface area contributed by atoms with Gasteiger partial charge in [-0.15, -0.1) is 10.2 Å². The number of anilines is 1. The van der Waals surface area contributed by atoms with Gasteiger partial charge >= 0.3 is 0 Å². The van der Waals surface area contributed by atoms with Crippen molar-refractivity contribution < 1.29 is 0 Å². The highest BCUT2D eigenvalue weighted by atomic mass is 15.3. The summed E-state index contributed by atoms with van der Waals surface area (Å²) in [6, 6.07) is 6.41. The molecule has 0 bridgehead atoms. The van der Waals surface area contributed by atoms with Crippen molar-refractivity contribution in [1.82, 2.24) is 24.8 Å². The second-order valence-electron chi connectivity index (χ2n) is 6.90. The van der Waals surface area contributed by atoms with E-state index >= 15 is 0 Å². The van der Waals surface area contributed by atoms with Crippen molar-refractivity contribution in [2.45, 2.75) is 45.6 Å². The SMILES string of the molecule is Cc1cccnc1C(Nc1cc(C(C)C)nn2cnnc12)C1CC1. The minimum Gasteiger partial charge on any atom is -0.373 e. The fourth-order valence-corrected chi connectivity index (χ4v) is 3.06. The number of rotatable bonds is 5. The molecule has 1 saturated carbocycles. The first kappa shape index (κ1) is 15.1. The third-order valence-electron chi connectivity index (χ3n) is 4.63. The van der Waals surface area contributed by atoms with Gasteiger partial charge in [0.2, 0.25) is 5.65 Å². The van der Waals surface area contributed by atoms with Crippen LogP contribution < -0.4 is 5.32 Å². The first-order valence-electron chi connectivity index (χ1n) is 8.52. The quantitative estimate of drug-likeness (QED) is 0.778. The van der Waals surface area contributed by atoms with Gasteiger partial charge in [0.25, 0.3) is 0 Å². The average molecular weight is 322 g/mol. The number of pyridine rings is 1. The first-order chi connectivity index (χ1) is 11.6. The zero-order valence-corrected chi connectivity index (χ0v) is 14.3. The molecular formula is C18H22N6. The van der Waals surface area contributed by atoms with Gasteiger partial charge in [-0.25, -0.2) is 0 Å². The Morgan fingerprint density at radius 3 is 2.83 bits per heavy atom. The van der Waals surface area contributed by atoms with Gasteiger partial charge in [-0.2, -0.15) is 9.61 Å². The largest absolute Gasteiger partial charge is 0.373 e. The number of hydrogen-bond donors (Lipinski definition) is 1. The van der Waals surface area contributed by atoms with Gasteiger partial charge in [0.05, 0.1) is 23.1 Å². The summed E-state index contributed by atoms with van der Waals surface area (Å²) < 4.78 is 1.76. The molecule has 6 nitrogen and oxygen atoms in total. The molecule has 0 amide bonds. The Kier molecular flexibility index (Phi) is 3.67. The summed E-state index contributed by atoms with van der Waals surface area (Å²) in [5.41, 5.74) is 5.11. The number of aryl methyl sites for hydroxylation is 1. The summed E-state index contributed by atoms with van der Waals surface area (Å²) in [5, 5.41) is 16.5. The molecule has 4 rings (SSSR count). The Labute approximate surface area is 141 Å². The normalized spacial score (nSPS) is 15.8. The fourth-order valence-electron chi connectivity index (χ4n) is 3.06. The maximum atomic E-state index is 4.64. The van der Waals surface area contributed by atoms with Crippen LogP contribution in [0.15, 0.2) is 30.7 Å². The van der Waals surface area contributed by atoms with E-state index < -0.39 is 0 Å². The van der Waals surface area contributed by atoms with Crippen LogP contribution in [0, 0.1) is 12.8 Å². The number of aromatic nitrogens is 5. The second kappa shape index (κ2) is 5.85. The van der Waals surface area contributed by atoms with E-state index in [0.717, 1.165) is 22.7 Å². The first-order valence-corrected chi connectivity index (χ1v) is 8.52. The van der Waals surface area contributed by atoms with Crippen LogP contribution in [0.3, 0.4) is 0 Å². The Balaban J connectivity index is 1.76. The van der Waals surface area contributed by atoms with E-state index in [1.165, 1.54) is 18.4 Å². The molecule has 1 fully saturated rings. The Morgan fingerprint density at radius 1 is 1.29 bits per heavy atom. The van der Waals surface area contributed by atoms with Gasteiger partial charge in [-0.3, -0.25) is 4.98 Å². The monoisotopic (exact) mass is 322 g/mol. The predicted octanol–water partition coefficient (Wildman–Crippen LogP) is 3.51. The van der Waals surface area contributed by atoms with Crippen molar-refractivity contribution in [3.8, 4) is 0 Å². The Hall–Kier alpha value is -2.50. The maximum Gasteiger partial charge on any atom is 0.200 e. The van der Waals surface area contributed by atoms with E-state index in [9.17, 15) is 0 Å². The third-order valence-corrected chi connectivity index (χ3v) is 4.63. The van der Waals surface area contributed by atoms with Crippen LogP contribution in [0.5, 0.6) is 0 Å². The standard InChI is InChI=1S/C18H22N6/c1-11(2)14-9-15(18-22-20-10-24(18)23-14)21-17(13-6-7-13)16-12(3)5-4-8-19-16/h4-5,8-11,13,17,21H,6-7H2,1-3H3. The van der Waals surface area contributed by atoms with Gasteiger partial charge in [-0.05, 0) is 49.3 Å². The highest BCUT2D eigenvalue weighted by Gasteiger charge is 2.34. The van der Waals surface area contributed by atoms with Gasteiger partial charge in [-0.1, -0.05) is 19.9 Å². The molecule has 3 aromatic rings. The molecule has 1 aliphatic carbocycles. The summed E-state index contributed by atoms with van der Waals surface area (Å²) in [6.45, 7) is 6.41. The van der Waals surface area contributed by atoms with Crippen molar-refractivity contribution in [2.24, 2.45) is 5.92 Å². The van der Waals surface area contributed by atoms with Gasteiger partial charge < -0.3 is 5.32 Å². The van der Waals surface area contributed by atoms with Crippen molar-refractivity contribution in [2.75, 3.05) is 5.32 Å². The Morgan fingerprint density at radius 2 is 2.12 bits per heavy atom. The predicted molar refractivity (Wildman–Crippen MR) is 92.9 cm³/mol. The molecule has 0 aliphatic heterocycles. The van der Waals surface area contributed by atoms with Crippen LogP contribution in [0.25, 0.3) is 5.65 Å². The van der Waals surface area contributed by atoms with Crippen molar-refractivity contribution in [3.63, 3.8) is 0 Å². The van der Waals surface area contributed by atoms with E-state index in [0.29, 0.717) is 11.8 Å². The Bertz CT molecular complexity index is 865. The number of hydrogen-bond acceptors (Lipinski definition) is 5. The van der Waals surface area contributed by atoms with Crippen LogP contribution in [0.1, 0.15) is 55.6 Å². The molecule has 6 heteroatoms. The topological polar surface area (TPSA) is 68.0 Å². The molecule has 0 saturated heterocycles. The lowest BCUT2D eigenvalue weighted by molar-refractivity contribution is 0.652. The summed E-state index contributed by atoms with van der Waals surface area (Å²) in [5.74, 6) is 0.963. The smallest absolute Gasteiger partial charge is 0.200 e. The maximum absolute atomic E-state index is 4.64. The molecule has 0 spiro atoms. The zero-order chi connectivity index (χ0) is 16.7. The van der Waals surface area contributed by atoms with Crippen molar-refractivity contribution >= 4 is 11.3 Å². The van der Waals surface area contributed by atoms with E-state index in [-0.39, 0.29) is 6.04 Å². The molecule has 0 radical (unpaired) electrons. The van der Waals surface area contributed by atoms with Crippen LogP contribution in [-0.2, 0) is 0 Å². The van der Waals surface area contributed by atoms with E-state index in [4.69, 9.17) is 0 Å². The molecule has 124 valence electrons. The molecule has 1 aliphatic rings. The van der Waals surface area contributed by atoms with Crippen molar-refractivity contribution in [3.05, 3.63) is 47.7 Å². The van der Waals surface area contributed by atoms with Crippen LogP contribution >= 0.6 is 0 Å². The molecule has 1 unspecified atom stereocenters. The van der Waals surface area contributed by atoms with Crippen molar-refractivity contribution in [1.29, 1.82) is 0 Å². The molecule has 1 atom stereocenters. The minimum atomic E-state index is 0.203. The number of fused-ring (bicyclic) bond motifs is 1. The van der Waals surface area contributed by atoms with E-state index in [2.05, 4.69) is 58.5 Å². The second-order valence-corrected chi connectivity index (χ2v) is 6.90. The molecular weight excluding hydrogens is 300 g/mol. The fraction of sp³-hybridized carbons (Fsp3) is 0.444. The van der Waals surface area contributed by atoms with Crippen LogP contribution in [0.4, 0.5) is 5.69 Å². The zero-order valence-electron chi connectivity index (χ0n) is 14.3. The average Bonchev–Trinajstić information content (AvgIpc) is 3.29. The summed E-state index contributed by atoms with van der Waals surface area (Å²) in [7, 11) is 0. The number of nitrogens with one attached hydrogen (secondary N) is 1. The molecule has 24 heavy (non-hydrogen) atoms. The lowest BCUT2D eigenvalue weighted by Gasteiger charge is -2.21. The van der Waals surface area contributed by atoms with Crippen LogP contribution in [0.2, 0.25) is 0 Å². The van der Waals surface area contributed by atoms with E-state index in [1.807, 2.05) is 12.3 Å². The van der Waals surface area contributed by atoms with Crippen LogP contribution in [-0.4, -0.2) is 24.8 Å². The number of nitrogens with zero attached hydrogens (tertiary/aromatic N) is 5. The molecule has 1 N–H and O–H groups in total. The minimum absolute atomic E-state index is 0.203. The highest BCUT2D eigenvalue weighted by molar-refractivity contribution is 5.67. The van der Waals surface area contributed by atoms with Gasteiger partial charge in [0.15, 0.2) is 0 Å². The van der Waals surface area contributed by atoms with E-state index in [1.54, 1.807) is 10.8 Å². The van der Waals surface area contributed by atoms with Gasteiger partial charge in [0, 0.05) is 6.20 Å². The summed E-state index contributed by atoms with van der Waals surface area (Å²) in [4.78, 5) is 4.64. The molecule has 3 heterocycles. The molecule has 0 aromatic carbocycles. The lowest BCUT2D eigenvalue weighted by Crippen LogP contribution is -2.17.